The highest BCUT2D eigenvalue weighted by atomic mass is 32.2. The first-order chi connectivity index (χ1) is 15.0. The molecule has 0 saturated heterocycles. The summed E-state index contributed by atoms with van der Waals surface area (Å²) in [4.78, 5) is 24.7. The molecule has 0 aliphatic carbocycles. The van der Waals surface area contributed by atoms with Crippen molar-refractivity contribution in [2.45, 2.75) is 24.8 Å². The molecule has 7 nitrogen and oxygen atoms in total. The molecule has 2 aromatic carbocycles. The molecule has 0 unspecified atom stereocenters. The van der Waals surface area contributed by atoms with Crippen molar-refractivity contribution < 1.29 is 4.79 Å². The first-order valence-electron chi connectivity index (χ1n) is 9.71. The largest absolute Gasteiger partial charge is 0.334 e. The zero-order valence-corrected chi connectivity index (χ0v) is 18.0. The summed E-state index contributed by atoms with van der Waals surface area (Å²) in [7, 11) is 0. The highest BCUT2D eigenvalue weighted by molar-refractivity contribution is 7.98. The molecule has 0 amide bonds. The van der Waals surface area contributed by atoms with E-state index in [1.54, 1.807) is 41.3 Å². The normalized spacial score (nSPS) is 10.8. The summed E-state index contributed by atoms with van der Waals surface area (Å²) in [6.07, 6.45) is 3.56. The summed E-state index contributed by atoms with van der Waals surface area (Å²) in [6, 6.07) is 18.8. The van der Waals surface area contributed by atoms with Crippen molar-refractivity contribution in [1.82, 2.24) is 19.5 Å². The molecular weight excluding hydrogens is 410 g/mol. The molecule has 4 aromatic rings. The van der Waals surface area contributed by atoms with Gasteiger partial charge in [0, 0.05) is 29.4 Å². The van der Waals surface area contributed by atoms with Crippen LogP contribution in [0.4, 0.5) is 11.5 Å². The predicted molar refractivity (Wildman–Crippen MR) is 122 cm³/mol. The Bertz CT molecular complexity index is 1250. The number of carbonyl (C=O) groups is 1. The van der Waals surface area contributed by atoms with Gasteiger partial charge >= 0.3 is 5.56 Å². The topological polar surface area (TPSA) is 81.8 Å². The van der Waals surface area contributed by atoms with E-state index in [9.17, 15) is 9.59 Å². The number of ketones is 1. The Hall–Kier alpha value is -3.65. The van der Waals surface area contributed by atoms with Crippen LogP contribution in [0.5, 0.6) is 0 Å². The number of aryl methyl sites for hydroxylation is 1. The van der Waals surface area contributed by atoms with Gasteiger partial charge in [-0.1, -0.05) is 41.6 Å². The minimum atomic E-state index is -0.326. The van der Waals surface area contributed by atoms with Gasteiger partial charge in [0.05, 0.1) is 0 Å². The van der Waals surface area contributed by atoms with Crippen molar-refractivity contribution in [1.29, 1.82) is 0 Å². The van der Waals surface area contributed by atoms with Gasteiger partial charge in [-0.3, -0.25) is 14.3 Å². The molecular formula is C23H21N5O2S. The molecule has 8 heteroatoms. The second kappa shape index (κ2) is 9.01. The summed E-state index contributed by atoms with van der Waals surface area (Å²) in [5.41, 5.74) is 3.26. The number of nitrogens with zero attached hydrogens (tertiary/aromatic N) is 4. The smallest absolute Gasteiger partial charge is 0.316 e. The van der Waals surface area contributed by atoms with Crippen molar-refractivity contribution in [3.8, 4) is 0 Å². The molecule has 0 atom stereocenters. The molecule has 2 heterocycles. The highest BCUT2D eigenvalue weighted by Crippen LogP contribution is 2.21. The lowest BCUT2D eigenvalue weighted by molar-refractivity contribution is 0.101. The number of hydrogen-bond donors (Lipinski definition) is 1. The predicted octanol–water partition coefficient (Wildman–Crippen LogP) is 4.30. The number of hydrogen-bond acceptors (Lipinski definition) is 6. The molecule has 0 fully saturated rings. The maximum atomic E-state index is 13.2. The second-order valence-electron chi connectivity index (χ2n) is 7.04. The number of aromatic nitrogens is 4. The number of anilines is 2. The molecule has 0 aliphatic heterocycles. The number of rotatable bonds is 7. The van der Waals surface area contributed by atoms with Gasteiger partial charge in [-0.05, 0) is 55.8 Å². The Balaban J connectivity index is 1.64. The van der Waals surface area contributed by atoms with Crippen LogP contribution >= 0.6 is 11.8 Å². The van der Waals surface area contributed by atoms with Crippen molar-refractivity contribution in [3.05, 3.63) is 100 Å². The van der Waals surface area contributed by atoms with Crippen molar-refractivity contribution in [2.24, 2.45) is 0 Å². The Labute approximate surface area is 183 Å². The van der Waals surface area contributed by atoms with Crippen LogP contribution in [0.15, 0.2) is 83.0 Å². The summed E-state index contributed by atoms with van der Waals surface area (Å²) >= 11 is 1.44. The van der Waals surface area contributed by atoms with Crippen molar-refractivity contribution >= 4 is 29.1 Å². The zero-order valence-electron chi connectivity index (χ0n) is 17.1. The second-order valence-corrected chi connectivity index (χ2v) is 7.99. The molecule has 2 aromatic heterocycles. The van der Waals surface area contributed by atoms with Crippen LogP contribution in [0.1, 0.15) is 28.4 Å². The lowest BCUT2D eigenvalue weighted by Crippen LogP contribution is -2.30. The summed E-state index contributed by atoms with van der Waals surface area (Å²) in [5.74, 6) is 0.745. The van der Waals surface area contributed by atoms with E-state index in [4.69, 9.17) is 0 Å². The van der Waals surface area contributed by atoms with E-state index >= 15 is 0 Å². The van der Waals surface area contributed by atoms with Gasteiger partial charge in [0.25, 0.3) is 0 Å². The fourth-order valence-corrected chi connectivity index (χ4v) is 3.84. The van der Waals surface area contributed by atoms with Crippen LogP contribution in [0.25, 0.3) is 0 Å². The third-order valence-electron chi connectivity index (χ3n) is 4.67. The Morgan fingerprint density at radius 1 is 1.00 bits per heavy atom. The van der Waals surface area contributed by atoms with Crippen LogP contribution in [-0.4, -0.2) is 25.3 Å². The Kier molecular flexibility index (Phi) is 5.99. The molecule has 0 saturated carbocycles. The molecule has 156 valence electrons. The van der Waals surface area contributed by atoms with Crippen LogP contribution in [0, 0.1) is 6.92 Å². The molecule has 4 rings (SSSR count). The molecule has 1 N–H and O–H groups in total. The van der Waals surface area contributed by atoms with Gasteiger partial charge in [0.15, 0.2) is 5.78 Å². The molecule has 0 spiro atoms. The number of thioether (sulfide) groups is 1. The number of benzene rings is 2. The van der Waals surface area contributed by atoms with E-state index in [-0.39, 0.29) is 17.2 Å². The lowest BCUT2D eigenvalue weighted by atomic mass is 10.1. The number of carbonyl (C=O) groups excluding carboxylic acids is 1. The van der Waals surface area contributed by atoms with Gasteiger partial charge in [-0.15, -0.1) is 10.2 Å². The van der Waals surface area contributed by atoms with E-state index in [1.807, 2.05) is 19.1 Å². The van der Waals surface area contributed by atoms with Crippen LogP contribution in [-0.2, 0) is 5.75 Å². The minimum absolute atomic E-state index is 0.0174. The first-order valence-corrected chi connectivity index (χ1v) is 10.7. The fourth-order valence-electron chi connectivity index (χ4n) is 2.95. The summed E-state index contributed by atoms with van der Waals surface area (Å²) in [5, 5.41) is 11.9. The standard InChI is InChI=1S/C23H21N5O2S/c1-16-5-7-18(8-6-16)15-31-23-26-25-21(22(30)28(23)27-13-3-4-14-27)24-20-11-9-19(10-12-20)17(2)29/h3-14H,15H2,1-2H3,(H,24,25). The van der Waals surface area contributed by atoms with Gasteiger partial charge < -0.3 is 5.32 Å². The van der Waals surface area contributed by atoms with Gasteiger partial charge in [-0.2, -0.15) is 4.68 Å². The highest BCUT2D eigenvalue weighted by Gasteiger charge is 2.15. The molecule has 0 radical (unpaired) electrons. The molecule has 31 heavy (non-hydrogen) atoms. The first kappa shape index (κ1) is 20.6. The van der Waals surface area contributed by atoms with Gasteiger partial charge in [0.1, 0.15) is 0 Å². The van der Waals surface area contributed by atoms with Crippen LogP contribution in [0.3, 0.4) is 0 Å². The maximum absolute atomic E-state index is 13.2. The minimum Gasteiger partial charge on any atom is -0.334 e. The monoisotopic (exact) mass is 431 g/mol. The average Bonchev–Trinajstić information content (AvgIpc) is 3.30. The van der Waals surface area contributed by atoms with Crippen molar-refractivity contribution in [3.63, 3.8) is 0 Å². The fraction of sp³-hybridized carbons (Fsp3) is 0.130. The third-order valence-corrected chi connectivity index (χ3v) is 5.66. The average molecular weight is 432 g/mol. The van der Waals surface area contributed by atoms with Gasteiger partial charge in [0.2, 0.25) is 11.0 Å². The Morgan fingerprint density at radius 3 is 2.32 bits per heavy atom. The quantitative estimate of drug-likeness (QED) is 0.347. The van der Waals surface area contributed by atoms with E-state index < -0.39 is 0 Å². The van der Waals surface area contributed by atoms with E-state index in [0.29, 0.717) is 22.2 Å². The van der Waals surface area contributed by atoms with Crippen LogP contribution in [0.2, 0.25) is 0 Å². The maximum Gasteiger partial charge on any atom is 0.316 e. The Morgan fingerprint density at radius 2 is 1.68 bits per heavy atom. The third kappa shape index (κ3) is 4.75. The molecule has 0 aliphatic rings. The molecule has 0 bridgehead atoms. The number of Topliss-reactive ketones (excluding diaryl/α,β-unsaturated/α-hetero) is 1. The zero-order chi connectivity index (χ0) is 21.8. The summed E-state index contributed by atoms with van der Waals surface area (Å²) in [6.45, 7) is 3.56. The SMILES string of the molecule is CC(=O)c1ccc(Nc2nnc(SCc3ccc(C)cc3)n(-n3cccc3)c2=O)cc1. The van der Waals surface area contributed by atoms with E-state index in [1.165, 1.54) is 28.9 Å². The lowest BCUT2D eigenvalue weighted by Gasteiger charge is -2.14. The van der Waals surface area contributed by atoms with E-state index in [0.717, 1.165) is 5.56 Å². The van der Waals surface area contributed by atoms with Crippen LogP contribution < -0.4 is 10.9 Å². The number of nitrogens with one attached hydrogen (secondary N) is 1. The van der Waals surface area contributed by atoms with Gasteiger partial charge in [-0.25, -0.2) is 0 Å². The summed E-state index contributed by atoms with van der Waals surface area (Å²) < 4.78 is 3.16. The van der Waals surface area contributed by atoms with E-state index in [2.05, 4.69) is 39.8 Å². The van der Waals surface area contributed by atoms with Crippen molar-refractivity contribution in [2.75, 3.05) is 5.32 Å².